The number of pyridine rings is 1. The first-order valence-electron chi connectivity index (χ1n) is 11.4. The summed E-state index contributed by atoms with van der Waals surface area (Å²) >= 11 is 0. The second-order valence-corrected chi connectivity index (χ2v) is 9.93. The Bertz CT molecular complexity index is 1610. The molecule has 1 aliphatic heterocycles. The molecule has 3 heterocycles. The van der Waals surface area contributed by atoms with Crippen LogP contribution in [0.25, 0.3) is 11.2 Å². The molecule has 0 amide bonds. The molecule has 1 aliphatic rings. The van der Waals surface area contributed by atoms with E-state index in [1.807, 2.05) is 4.90 Å². The van der Waals surface area contributed by atoms with Crippen molar-refractivity contribution in [3.8, 4) is 0 Å². The highest BCUT2D eigenvalue weighted by Crippen LogP contribution is 2.22. The Morgan fingerprint density at radius 1 is 1.24 bits per heavy atom. The highest BCUT2D eigenvalue weighted by atomic mass is 32.2. The molecule has 0 spiro atoms. The average Bonchev–Trinajstić information content (AvgIpc) is 2.89. The Morgan fingerprint density at radius 3 is 2.63 bits per heavy atom. The summed E-state index contributed by atoms with van der Waals surface area (Å²) in [5, 5.41) is 0. The Kier molecular flexibility index (Phi) is 7.88. The topological polar surface area (TPSA) is 115 Å². The number of hydrogen-bond donors (Lipinski definition) is 1. The smallest absolute Gasteiger partial charge is 0.281 e. The van der Waals surface area contributed by atoms with Crippen LogP contribution in [0, 0.1) is 11.6 Å². The zero-order valence-corrected chi connectivity index (χ0v) is 21.5. The summed E-state index contributed by atoms with van der Waals surface area (Å²) in [7, 11) is -3.24. The van der Waals surface area contributed by atoms with Gasteiger partial charge in [-0.15, -0.1) is 0 Å². The van der Waals surface area contributed by atoms with Gasteiger partial charge in [0.05, 0.1) is 26.5 Å². The number of fused-ring (bicyclic) bond motifs is 1. The number of nitrogens with one attached hydrogen (secondary N) is 1. The molecular formula is C25H25F2N5O5S. The summed E-state index contributed by atoms with van der Waals surface area (Å²) < 4.78 is 67.5. The van der Waals surface area contributed by atoms with Crippen molar-refractivity contribution in [2.24, 2.45) is 4.99 Å². The van der Waals surface area contributed by atoms with Crippen molar-refractivity contribution in [2.45, 2.75) is 11.8 Å². The molecule has 2 aromatic heterocycles. The summed E-state index contributed by atoms with van der Waals surface area (Å²) in [6.45, 7) is 7.22. The van der Waals surface area contributed by atoms with Gasteiger partial charge in [0.2, 0.25) is 5.88 Å². The van der Waals surface area contributed by atoms with Crippen LogP contribution in [0.1, 0.15) is 12.5 Å². The van der Waals surface area contributed by atoms with Gasteiger partial charge in [0.15, 0.2) is 0 Å². The molecule has 0 unspecified atom stereocenters. The number of ether oxygens (including phenoxy) is 2. The molecule has 13 heteroatoms. The fourth-order valence-corrected chi connectivity index (χ4v) is 5.02. The van der Waals surface area contributed by atoms with Gasteiger partial charge in [-0.25, -0.2) is 27.2 Å². The summed E-state index contributed by atoms with van der Waals surface area (Å²) in [5.41, 5.74) is 1.51. The van der Waals surface area contributed by atoms with Gasteiger partial charge in [-0.2, -0.15) is 0 Å². The van der Waals surface area contributed by atoms with Crippen molar-refractivity contribution in [2.75, 3.05) is 38.3 Å². The molecule has 0 saturated carbocycles. The zero-order valence-electron chi connectivity index (χ0n) is 20.6. The molecule has 1 fully saturated rings. The van der Waals surface area contributed by atoms with Gasteiger partial charge in [0, 0.05) is 25.4 Å². The third kappa shape index (κ3) is 5.58. The van der Waals surface area contributed by atoms with E-state index < -0.39 is 26.6 Å². The standard InChI is InChI=1S/C25H25F2N5O5S/c1-16(12-20(24(28-2)36-3)30-38(34,35)22-6-5-18(26)13-19(22)27)17-4-7-23-29-14-21(25(33)32(23)15-17)31-8-10-37-11-9-31/h4-7,12-15,30H,2,8-11H2,1,3H3/b16-12+,24-20-. The summed E-state index contributed by atoms with van der Waals surface area (Å²) in [6.07, 6.45) is 4.52. The van der Waals surface area contributed by atoms with Crippen LogP contribution in [0.2, 0.25) is 0 Å². The van der Waals surface area contributed by atoms with Crippen LogP contribution in [-0.2, 0) is 19.5 Å². The van der Waals surface area contributed by atoms with Crippen LogP contribution < -0.4 is 15.2 Å². The highest BCUT2D eigenvalue weighted by molar-refractivity contribution is 7.89. The first kappa shape index (κ1) is 26.9. The second kappa shape index (κ2) is 11.1. The Hall–Kier alpha value is -4.10. The molecule has 38 heavy (non-hydrogen) atoms. The lowest BCUT2D eigenvalue weighted by Crippen LogP contribution is -2.39. The molecule has 0 atom stereocenters. The maximum atomic E-state index is 14.2. The van der Waals surface area contributed by atoms with Gasteiger partial charge in [0.1, 0.15) is 33.6 Å². The molecule has 3 aromatic rings. The third-order valence-electron chi connectivity index (χ3n) is 5.85. The third-order valence-corrected chi connectivity index (χ3v) is 7.25. The average molecular weight is 546 g/mol. The summed E-state index contributed by atoms with van der Waals surface area (Å²) in [6, 6.07) is 5.47. The normalized spacial score (nSPS) is 15.3. The van der Waals surface area contributed by atoms with Crippen LogP contribution in [0.3, 0.4) is 0 Å². The number of allylic oxidation sites excluding steroid dienone is 2. The van der Waals surface area contributed by atoms with Crippen molar-refractivity contribution in [1.82, 2.24) is 14.1 Å². The molecule has 1 saturated heterocycles. The minimum Gasteiger partial charge on any atom is -0.480 e. The molecule has 0 bridgehead atoms. The van der Waals surface area contributed by atoms with E-state index >= 15 is 0 Å². The molecule has 1 N–H and O–H groups in total. The van der Waals surface area contributed by atoms with Crippen molar-refractivity contribution < 1.29 is 26.7 Å². The van der Waals surface area contributed by atoms with Crippen molar-refractivity contribution in [3.05, 3.63) is 87.9 Å². The molecule has 10 nitrogen and oxygen atoms in total. The molecule has 0 radical (unpaired) electrons. The zero-order chi connectivity index (χ0) is 27.4. The van der Waals surface area contributed by atoms with Crippen molar-refractivity contribution >= 4 is 33.6 Å². The fourth-order valence-electron chi connectivity index (χ4n) is 3.91. The lowest BCUT2D eigenvalue weighted by atomic mass is 10.1. The van der Waals surface area contributed by atoms with Crippen LogP contribution in [-0.4, -0.2) is 57.9 Å². The predicted molar refractivity (Wildman–Crippen MR) is 138 cm³/mol. The SMILES string of the molecule is C=N/C(OC)=C(\C=C(/C)c1ccc2ncc(N3CCOCC3)c(=O)n2c1)NS(=O)(=O)c1ccc(F)cc1F. The van der Waals surface area contributed by atoms with E-state index in [1.165, 1.54) is 23.8 Å². The van der Waals surface area contributed by atoms with Gasteiger partial charge >= 0.3 is 0 Å². The lowest BCUT2D eigenvalue weighted by molar-refractivity contribution is 0.122. The predicted octanol–water partition coefficient (Wildman–Crippen LogP) is 2.71. The van der Waals surface area contributed by atoms with Gasteiger partial charge < -0.3 is 14.4 Å². The number of halogens is 2. The van der Waals surface area contributed by atoms with E-state index in [-0.39, 0.29) is 17.1 Å². The van der Waals surface area contributed by atoms with Gasteiger partial charge in [-0.05, 0) is 55.1 Å². The number of morpholine rings is 1. The number of hydrogen-bond acceptors (Lipinski definition) is 8. The minimum absolute atomic E-state index is 0.156. The number of rotatable bonds is 8. The first-order valence-corrected chi connectivity index (χ1v) is 12.9. The van der Waals surface area contributed by atoms with Gasteiger partial charge in [0.25, 0.3) is 15.6 Å². The number of anilines is 1. The number of aliphatic imine (C=N–C) groups is 1. The van der Waals surface area contributed by atoms with Crippen LogP contribution >= 0.6 is 0 Å². The number of sulfonamides is 1. The number of benzene rings is 1. The lowest BCUT2D eigenvalue weighted by Gasteiger charge is -2.27. The summed E-state index contributed by atoms with van der Waals surface area (Å²) in [4.78, 5) is 22.5. The Balaban J connectivity index is 1.74. The highest BCUT2D eigenvalue weighted by Gasteiger charge is 2.22. The van der Waals surface area contributed by atoms with E-state index in [1.54, 1.807) is 25.3 Å². The van der Waals surface area contributed by atoms with E-state index in [0.717, 1.165) is 12.1 Å². The van der Waals surface area contributed by atoms with Crippen LogP contribution in [0.15, 0.2) is 75.1 Å². The fraction of sp³-hybridized carbons (Fsp3) is 0.240. The Morgan fingerprint density at radius 2 is 1.97 bits per heavy atom. The maximum absolute atomic E-state index is 14.2. The van der Waals surface area contributed by atoms with Crippen LogP contribution in [0.5, 0.6) is 0 Å². The van der Waals surface area contributed by atoms with Gasteiger partial charge in [-0.1, -0.05) is 0 Å². The Labute approximate surface area is 217 Å². The number of methoxy groups -OCH3 is 1. The second-order valence-electron chi connectivity index (χ2n) is 8.28. The molecule has 1 aromatic carbocycles. The first-order chi connectivity index (χ1) is 18.1. The van der Waals surface area contributed by atoms with E-state index in [4.69, 9.17) is 9.47 Å². The molecule has 200 valence electrons. The minimum atomic E-state index is -4.50. The van der Waals surface area contributed by atoms with Gasteiger partial charge in [-0.3, -0.25) is 13.9 Å². The number of nitrogens with zero attached hydrogens (tertiary/aromatic N) is 4. The molecule has 0 aliphatic carbocycles. The monoisotopic (exact) mass is 545 g/mol. The maximum Gasteiger partial charge on any atom is 0.281 e. The van der Waals surface area contributed by atoms with E-state index in [9.17, 15) is 22.0 Å². The summed E-state index contributed by atoms with van der Waals surface area (Å²) in [5.74, 6) is -2.37. The van der Waals surface area contributed by atoms with Crippen LogP contribution in [0.4, 0.5) is 14.5 Å². The van der Waals surface area contributed by atoms with E-state index in [2.05, 4.69) is 21.4 Å². The largest absolute Gasteiger partial charge is 0.480 e. The molecule has 4 rings (SSSR count). The number of aromatic nitrogens is 2. The molecular weight excluding hydrogens is 520 g/mol. The van der Waals surface area contributed by atoms with Crippen molar-refractivity contribution in [1.29, 1.82) is 0 Å². The quantitative estimate of drug-likeness (QED) is 0.263. The van der Waals surface area contributed by atoms with E-state index in [0.29, 0.717) is 54.8 Å². The van der Waals surface area contributed by atoms with Crippen molar-refractivity contribution in [3.63, 3.8) is 0 Å².